The van der Waals surface area contributed by atoms with Crippen molar-refractivity contribution in [1.82, 2.24) is 0 Å². The minimum Gasteiger partial charge on any atom is -1.00 e. The molecule has 1 atom stereocenters. The van der Waals surface area contributed by atoms with E-state index in [9.17, 15) is 0 Å². The van der Waals surface area contributed by atoms with Gasteiger partial charge < -0.3 is 24.8 Å². The Morgan fingerprint density at radius 1 is 0.897 bits per heavy atom. The smallest absolute Gasteiger partial charge is 0.0809 e. The molecule has 152 valence electrons. The molecule has 3 aromatic rings. The average Bonchev–Trinajstić information content (AvgIpc) is 3.24. The molecular weight excluding hydrogens is 474 g/mol. The molecule has 0 heterocycles. The summed E-state index contributed by atoms with van der Waals surface area (Å²) in [6.45, 7) is 10.8. The summed E-state index contributed by atoms with van der Waals surface area (Å²) in [6.07, 6.45) is 3.36. The summed E-state index contributed by atoms with van der Waals surface area (Å²) in [5.74, 6) is 0.560. The molecule has 0 amide bonds. The fraction of sp³-hybridized carbons (Fsp3) is 0.231. The molecule has 29 heavy (non-hydrogen) atoms. The molecule has 0 saturated carbocycles. The molecule has 0 saturated heterocycles. The Labute approximate surface area is 203 Å². The van der Waals surface area contributed by atoms with E-state index in [1.807, 2.05) is 6.07 Å². The van der Waals surface area contributed by atoms with Crippen LogP contribution in [0.5, 0.6) is 0 Å². The molecule has 3 heteroatoms. The number of rotatable bonds is 1. The number of fused-ring (bicyclic) bond motifs is 1. The van der Waals surface area contributed by atoms with Gasteiger partial charge in [0.15, 0.2) is 0 Å². The van der Waals surface area contributed by atoms with Crippen molar-refractivity contribution in [2.75, 3.05) is 0 Å². The molecule has 1 aliphatic rings. The minimum atomic E-state index is 0. The third-order valence-corrected chi connectivity index (χ3v) is 5.70. The van der Waals surface area contributed by atoms with Crippen LogP contribution in [0.3, 0.4) is 0 Å². The maximum Gasteiger partial charge on any atom is -0.0809 e. The van der Waals surface area contributed by atoms with Gasteiger partial charge in [-0.05, 0) is 0 Å². The van der Waals surface area contributed by atoms with Crippen LogP contribution in [-0.4, -0.2) is 3.21 Å². The van der Waals surface area contributed by atoms with Crippen molar-refractivity contribution >= 4 is 14.0 Å². The van der Waals surface area contributed by atoms with E-state index in [-0.39, 0.29) is 24.8 Å². The van der Waals surface area contributed by atoms with E-state index < -0.39 is 0 Å². The molecule has 1 aliphatic carbocycles. The van der Waals surface area contributed by atoms with Gasteiger partial charge in [-0.3, -0.25) is 6.08 Å². The monoisotopic (exact) mass is 500 g/mol. The molecule has 0 spiro atoms. The van der Waals surface area contributed by atoms with Gasteiger partial charge in [0.2, 0.25) is 0 Å². The third-order valence-electron chi connectivity index (χ3n) is 4.99. The normalized spacial score (nSPS) is 14.4. The van der Waals surface area contributed by atoms with Crippen LogP contribution in [-0.2, 0) is 24.2 Å². The van der Waals surface area contributed by atoms with Gasteiger partial charge in [0.25, 0.3) is 0 Å². The van der Waals surface area contributed by atoms with Gasteiger partial charge in [0.1, 0.15) is 0 Å². The Hall–Kier alpha value is -1.14. The fourth-order valence-corrected chi connectivity index (χ4v) is 3.33. The maximum atomic E-state index is 3.36. The van der Waals surface area contributed by atoms with Gasteiger partial charge >= 0.3 is 70.3 Å². The van der Waals surface area contributed by atoms with Gasteiger partial charge in [-0.25, -0.2) is 5.57 Å². The fourth-order valence-electron chi connectivity index (χ4n) is 2.92. The Bertz CT molecular complexity index is 919. The molecule has 0 aliphatic heterocycles. The maximum absolute atomic E-state index is 3.36. The van der Waals surface area contributed by atoms with Crippen molar-refractivity contribution in [2.24, 2.45) is 5.92 Å². The molecule has 3 aromatic carbocycles. The quantitative estimate of drug-likeness (QED) is 0.437. The molecule has 0 aromatic heterocycles. The predicted octanol–water partition coefficient (Wildman–Crippen LogP) is 1.06. The van der Waals surface area contributed by atoms with Crippen LogP contribution < -0.4 is 24.8 Å². The Balaban J connectivity index is 0.000000392. The zero-order valence-electron chi connectivity index (χ0n) is 17.8. The van der Waals surface area contributed by atoms with Gasteiger partial charge in [0, 0.05) is 0 Å². The van der Waals surface area contributed by atoms with Crippen LogP contribution in [0.15, 0.2) is 89.5 Å². The van der Waals surface area contributed by atoms with Crippen molar-refractivity contribution in [3.05, 3.63) is 101 Å². The predicted molar refractivity (Wildman–Crippen MR) is 116 cm³/mol. The second kappa shape index (κ2) is 14.0. The van der Waals surface area contributed by atoms with E-state index in [4.69, 9.17) is 0 Å². The zero-order valence-corrected chi connectivity index (χ0v) is 21.7. The van der Waals surface area contributed by atoms with E-state index >= 15 is 0 Å². The largest absolute Gasteiger partial charge is 1.00 e. The standard InChI is InChI=1S/C9H7.C9H13.C8H8.2ClH.Zr/c1-2-5-9-7-3-6-8(9)4-1;1-6-5-7(2)9(4)8(6)3;1-2-8-6-4-3-5-7-8;;;/h1-7H;6H,1-4H3;3-7H,1H3;2*1H;/q2*-1;;;;+2/p-2. The van der Waals surface area contributed by atoms with E-state index in [0.717, 1.165) is 0 Å². The van der Waals surface area contributed by atoms with E-state index in [1.54, 1.807) is 0 Å². The average molecular weight is 503 g/mol. The number of allylic oxidation sites excluding steroid dienone is 4. The van der Waals surface area contributed by atoms with Crippen molar-refractivity contribution in [2.45, 2.75) is 34.6 Å². The molecule has 4 rings (SSSR count). The molecule has 0 bridgehead atoms. The van der Waals surface area contributed by atoms with Crippen LogP contribution >= 0.6 is 0 Å². The van der Waals surface area contributed by atoms with Crippen LogP contribution in [0.25, 0.3) is 10.8 Å². The Morgan fingerprint density at radius 3 is 1.90 bits per heavy atom. The van der Waals surface area contributed by atoms with E-state index in [1.165, 1.54) is 60.5 Å². The molecule has 1 unspecified atom stereocenters. The topological polar surface area (TPSA) is 0 Å². The summed E-state index contributed by atoms with van der Waals surface area (Å²) < 4.78 is 1.46. The number of hydrogen-bond donors (Lipinski definition) is 0. The van der Waals surface area contributed by atoms with E-state index in [2.05, 4.69) is 107 Å². The molecule has 0 fully saturated rings. The number of benzene rings is 2. The first-order chi connectivity index (χ1) is 12.9. The van der Waals surface area contributed by atoms with E-state index in [0.29, 0.717) is 5.92 Å². The van der Waals surface area contributed by atoms with Crippen molar-refractivity contribution < 1.29 is 49.0 Å². The second-order valence-corrected chi connectivity index (χ2v) is 8.79. The first kappa shape index (κ1) is 27.9. The molecule has 0 radical (unpaired) electrons. The minimum absolute atomic E-state index is 0. The molecule has 0 N–H and O–H groups in total. The van der Waals surface area contributed by atoms with Crippen molar-refractivity contribution in [3.63, 3.8) is 0 Å². The van der Waals surface area contributed by atoms with Gasteiger partial charge in [-0.1, -0.05) is 32.8 Å². The summed E-state index contributed by atoms with van der Waals surface area (Å²) >= 11 is 1.51. The first-order valence-corrected chi connectivity index (χ1v) is 10.6. The molecular formula is C26H28Cl2Zr-2. The van der Waals surface area contributed by atoms with Gasteiger partial charge in [0.05, 0.1) is 0 Å². The molecule has 0 nitrogen and oxygen atoms in total. The van der Waals surface area contributed by atoms with Crippen molar-refractivity contribution in [1.29, 1.82) is 0 Å². The summed E-state index contributed by atoms with van der Waals surface area (Å²) in [5.41, 5.74) is 5.62. The van der Waals surface area contributed by atoms with Gasteiger partial charge in [-0.2, -0.15) is 28.7 Å². The van der Waals surface area contributed by atoms with Crippen LogP contribution in [0.4, 0.5) is 0 Å². The Kier molecular flexibility index (Phi) is 13.4. The Morgan fingerprint density at radius 2 is 1.48 bits per heavy atom. The summed E-state index contributed by atoms with van der Waals surface area (Å²) in [5, 5.41) is 2.66. The summed E-state index contributed by atoms with van der Waals surface area (Å²) in [6, 6.07) is 25.1. The summed E-state index contributed by atoms with van der Waals surface area (Å²) in [7, 11) is 0. The number of halogens is 2. The second-order valence-electron chi connectivity index (χ2n) is 6.94. The number of hydrogen-bond acceptors (Lipinski definition) is 0. The first-order valence-electron chi connectivity index (χ1n) is 9.39. The zero-order chi connectivity index (χ0) is 19.8. The van der Waals surface area contributed by atoms with Crippen LogP contribution in [0.1, 0.15) is 40.2 Å². The summed E-state index contributed by atoms with van der Waals surface area (Å²) in [4.78, 5) is 0. The van der Waals surface area contributed by atoms with Gasteiger partial charge in [-0.15, -0.1) is 36.6 Å². The SMILES string of the molecule is CC1=[C-]C(C)C(C)=C1C.C[C](=[Zr+2])c1ccccc1.[Cl-].[Cl-].c1ccc2[cH-]ccc2c1. The van der Waals surface area contributed by atoms with Crippen LogP contribution in [0, 0.1) is 12.0 Å². The van der Waals surface area contributed by atoms with Crippen molar-refractivity contribution in [3.8, 4) is 0 Å². The third kappa shape index (κ3) is 8.63. The van der Waals surface area contributed by atoms with Crippen LogP contribution in [0.2, 0.25) is 0 Å².